The highest BCUT2D eigenvalue weighted by molar-refractivity contribution is 6.13. The van der Waals surface area contributed by atoms with Crippen molar-refractivity contribution in [2.75, 3.05) is 0 Å². The van der Waals surface area contributed by atoms with Crippen molar-refractivity contribution in [1.82, 2.24) is 9.78 Å². The van der Waals surface area contributed by atoms with Gasteiger partial charge in [0.05, 0.1) is 6.20 Å². The molecular weight excluding hydrogens is 218 g/mol. The molecule has 0 radical (unpaired) electrons. The summed E-state index contributed by atoms with van der Waals surface area (Å²) in [5, 5.41) is 26.1. The van der Waals surface area contributed by atoms with Crippen LogP contribution in [0.1, 0.15) is 18.1 Å². The number of nitrogens with zero attached hydrogens (tertiary/aromatic N) is 3. The van der Waals surface area contributed by atoms with Crippen molar-refractivity contribution >= 4 is 5.71 Å². The zero-order chi connectivity index (χ0) is 12.3. The lowest BCUT2D eigenvalue weighted by Crippen LogP contribution is -2.02. The second-order valence-corrected chi connectivity index (χ2v) is 3.55. The number of aromatic nitrogens is 2. The molecule has 0 spiro atoms. The van der Waals surface area contributed by atoms with Gasteiger partial charge in [0, 0.05) is 23.9 Å². The van der Waals surface area contributed by atoms with Gasteiger partial charge < -0.3 is 10.3 Å². The van der Waals surface area contributed by atoms with Crippen LogP contribution < -0.4 is 0 Å². The first kappa shape index (κ1) is 11.2. The number of hydrogen-bond acceptors (Lipinski definition) is 4. The maximum atomic E-state index is 9.72. The second-order valence-electron chi connectivity index (χ2n) is 3.55. The molecule has 88 valence electrons. The summed E-state index contributed by atoms with van der Waals surface area (Å²) >= 11 is 0. The predicted molar refractivity (Wildman–Crippen MR) is 63.4 cm³/mol. The lowest BCUT2D eigenvalue weighted by molar-refractivity contribution is 0.319. The van der Waals surface area contributed by atoms with Crippen molar-refractivity contribution in [2.24, 2.45) is 5.16 Å². The number of benzene rings is 1. The Kier molecular flexibility index (Phi) is 3.09. The Morgan fingerprint density at radius 1 is 1.41 bits per heavy atom. The van der Waals surface area contributed by atoms with Gasteiger partial charge in [0.1, 0.15) is 11.5 Å². The van der Waals surface area contributed by atoms with Gasteiger partial charge in [0.25, 0.3) is 0 Å². The fourth-order valence-corrected chi connectivity index (χ4v) is 1.60. The maximum absolute atomic E-state index is 9.72. The van der Waals surface area contributed by atoms with E-state index in [1.807, 2.05) is 6.92 Å². The number of aromatic hydroxyl groups is 1. The third-order valence-electron chi connectivity index (χ3n) is 2.49. The summed E-state index contributed by atoms with van der Waals surface area (Å²) < 4.78 is 1.72. The molecule has 0 unspecified atom stereocenters. The topological polar surface area (TPSA) is 70.6 Å². The Hall–Kier alpha value is -2.30. The third kappa shape index (κ3) is 2.13. The fraction of sp³-hybridized carbons (Fsp3) is 0.167. The van der Waals surface area contributed by atoms with Crippen molar-refractivity contribution in [3.63, 3.8) is 0 Å². The highest BCUT2D eigenvalue weighted by atomic mass is 16.4. The zero-order valence-corrected chi connectivity index (χ0v) is 9.41. The molecule has 0 saturated carbocycles. The van der Waals surface area contributed by atoms with Gasteiger partial charge in [-0.2, -0.15) is 5.10 Å². The third-order valence-corrected chi connectivity index (χ3v) is 2.49. The Labute approximate surface area is 98.6 Å². The van der Waals surface area contributed by atoms with Gasteiger partial charge >= 0.3 is 0 Å². The van der Waals surface area contributed by atoms with Gasteiger partial charge in [-0.05, 0) is 19.1 Å². The first-order valence-corrected chi connectivity index (χ1v) is 5.29. The number of rotatable bonds is 3. The van der Waals surface area contributed by atoms with Crippen molar-refractivity contribution in [3.8, 4) is 5.75 Å². The maximum Gasteiger partial charge on any atom is 0.125 e. The molecule has 1 heterocycles. The van der Waals surface area contributed by atoms with Crippen LogP contribution in [0.5, 0.6) is 5.75 Å². The van der Waals surface area contributed by atoms with Crippen molar-refractivity contribution in [3.05, 3.63) is 47.8 Å². The molecule has 5 heteroatoms. The van der Waals surface area contributed by atoms with E-state index in [0.717, 1.165) is 6.54 Å². The lowest BCUT2D eigenvalue weighted by atomic mass is 10.0. The summed E-state index contributed by atoms with van der Waals surface area (Å²) in [7, 11) is 0. The Bertz CT molecular complexity index is 546. The van der Waals surface area contributed by atoms with E-state index in [1.165, 1.54) is 0 Å². The number of para-hydroxylation sites is 1. The first-order chi connectivity index (χ1) is 8.26. The molecular formula is C12H13N3O2. The number of phenolic OH excluding ortho intramolecular Hbond substituents is 1. The normalized spacial score (nSPS) is 11.7. The van der Waals surface area contributed by atoms with Gasteiger partial charge in [-0.1, -0.05) is 17.3 Å². The monoisotopic (exact) mass is 231 g/mol. The minimum absolute atomic E-state index is 0.0737. The molecule has 0 atom stereocenters. The van der Waals surface area contributed by atoms with Gasteiger partial charge in [0.15, 0.2) is 0 Å². The molecule has 17 heavy (non-hydrogen) atoms. The zero-order valence-electron chi connectivity index (χ0n) is 9.41. The molecule has 5 nitrogen and oxygen atoms in total. The Morgan fingerprint density at radius 3 is 2.76 bits per heavy atom. The Morgan fingerprint density at radius 2 is 2.18 bits per heavy atom. The first-order valence-electron chi connectivity index (χ1n) is 5.29. The van der Waals surface area contributed by atoms with Gasteiger partial charge in [0.2, 0.25) is 0 Å². The SMILES string of the molecule is CCn1cc(/C(=N\O)c2ccccc2O)cn1. The van der Waals surface area contributed by atoms with Crippen LogP contribution in [0, 0.1) is 0 Å². The fourth-order valence-electron chi connectivity index (χ4n) is 1.60. The van der Waals surface area contributed by atoms with Gasteiger partial charge in [-0.25, -0.2) is 0 Å². The van der Waals surface area contributed by atoms with Crippen molar-refractivity contribution in [1.29, 1.82) is 0 Å². The predicted octanol–water partition coefficient (Wildman–Crippen LogP) is 1.84. The molecule has 2 N–H and O–H groups in total. The van der Waals surface area contributed by atoms with E-state index in [9.17, 15) is 5.11 Å². The lowest BCUT2D eigenvalue weighted by Gasteiger charge is -2.04. The molecule has 2 rings (SSSR count). The summed E-state index contributed by atoms with van der Waals surface area (Å²) in [4.78, 5) is 0. The van der Waals surface area contributed by atoms with E-state index in [4.69, 9.17) is 5.21 Å². The highest BCUT2D eigenvalue weighted by Gasteiger charge is 2.13. The van der Waals surface area contributed by atoms with E-state index in [0.29, 0.717) is 16.8 Å². The molecule has 0 bridgehead atoms. The molecule has 0 saturated heterocycles. The highest BCUT2D eigenvalue weighted by Crippen LogP contribution is 2.20. The van der Waals surface area contributed by atoms with Crippen LogP contribution in [0.2, 0.25) is 0 Å². The van der Waals surface area contributed by atoms with Crippen LogP contribution in [0.15, 0.2) is 41.8 Å². The van der Waals surface area contributed by atoms with Gasteiger partial charge in [-0.15, -0.1) is 0 Å². The second kappa shape index (κ2) is 4.69. The summed E-state index contributed by atoms with van der Waals surface area (Å²) in [5.41, 5.74) is 1.45. The number of aryl methyl sites for hydroxylation is 1. The van der Waals surface area contributed by atoms with E-state index in [1.54, 1.807) is 41.3 Å². The molecule has 1 aromatic carbocycles. The van der Waals surface area contributed by atoms with Crippen LogP contribution in [0.3, 0.4) is 0 Å². The van der Waals surface area contributed by atoms with Crippen molar-refractivity contribution < 1.29 is 10.3 Å². The molecule has 0 amide bonds. The van der Waals surface area contributed by atoms with Crippen LogP contribution >= 0.6 is 0 Å². The van der Waals surface area contributed by atoms with Crippen LogP contribution in [-0.2, 0) is 6.54 Å². The molecule has 0 aliphatic carbocycles. The summed E-state index contributed by atoms with van der Waals surface area (Å²) in [6.45, 7) is 2.70. The Balaban J connectivity index is 2.45. The molecule has 2 aromatic rings. The van der Waals surface area contributed by atoms with Crippen molar-refractivity contribution in [2.45, 2.75) is 13.5 Å². The molecule has 0 aliphatic heterocycles. The van der Waals surface area contributed by atoms with Gasteiger partial charge in [-0.3, -0.25) is 4.68 Å². The smallest absolute Gasteiger partial charge is 0.125 e. The minimum Gasteiger partial charge on any atom is -0.507 e. The molecule has 1 aromatic heterocycles. The van der Waals surface area contributed by atoms with E-state index >= 15 is 0 Å². The average molecular weight is 231 g/mol. The van der Waals surface area contributed by atoms with Crippen LogP contribution in [0.4, 0.5) is 0 Å². The van der Waals surface area contributed by atoms with Crippen LogP contribution in [-0.4, -0.2) is 25.8 Å². The van der Waals surface area contributed by atoms with E-state index in [-0.39, 0.29) is 5.75 Å². The van der Waals surface area contributed by atoms with E-state index < -0.39 is 0 Å². The van der Waals surface area contributed by atoms with Crippen LogP contribution in [0.25, 0.3) is 0 Å². The molecule has 0 fully saturated rings. The summed E-state index contributed by atoms with van der Waals surface area (Å²) in [6, 6.07) is 6.71. The summed E-state index contributed by atoms with van der Waals surface area (Å²) in [5.74, 6) is 0.0737. The number of phenols is 1. The van der Waals surface area contributed by atoms with E-state index in [2.05, 4.69) is 10.3 Å². The number of hydrogen-bond donors (Lipinski definition) is 2. The quantitative estimate of drug-likeness (QED) is 0.481. The molecule has 0 aliphatic rings. The standard InChI is InChI=1S/C12H13N3O2/c1-2-15-8-9(7-13-15)12(14-17)10-5-3-4-6-11(10)16/h3-8,16-17H,2H2,1H3/b14-12+. The minimum atomic E-state index is 0.0737. The summed E-state index contributed by atoms with van der Waals surface area (Å²) in [6.07, 6.45) is 3.37. The number of oxime groups is 1. The average Bonchev–Trinajstić information content (AvgIpc) is 2.81. The largest absolute Gasteiger partial charge is 0.507 e.